The molecule has 0 bridgehead atoms. The molecule has 2 aromatic rings. The summed E-state index contributed by atoms with van der Waals surface area (Å²) in [6.45, 7) is 4.38. The van der Waals surface area contributed by atoms with Crippen molar-refractivity contribution in [3.8, 4) is 0 Å². The summed E-state index contributed by atoms with van der Waals surface area (Å²) >= 11 is 0. The number of nitrogens with zero attached hydrogens (tertiary/aromatic N) is 4. The molecule has 120 valence electrons. The normalized spacial score (nSPS) is 18.5. The molecule has 3 heterocycles. The fourth-order valence-electron chi connectivity index (χ4n) is 2.70. The lowest BCUT2D eigenvalue weighted by molar-refractivity contribution is 0.0737. The quantitative estimate of drug-likeness (QED) is 0.859. The Morgan fingerprint density at radius 3 is 3.00 bits per heavy atom. The Labute approximate surface area is 135 Å². The van der Waals surface area contributed by atoms with Crippen molar-refractivity contribution in [1.29, 1.82) is 0 Å². The number of aryl methyl sites for hydroxylation is 1. The number of aromatic nitrogens is 3. The molecule has 0 radical (unpaired) electrons. The lowest BCUT2D eigenvalue weighted by atomic mass is 10.0. The third-order valence-electron chi connectivity index (χ3n) is 3.92. The number of pyridine rings is 1. The van der Waals surface area contributed by atoms with Crippen molar-refractivity contribution in [3.63, 3.8) is 0 Å². The highest BCUT2D eigenvalue weighted by Gasteiger charge is 2.24. The number of ether oxygens (including phenoxy) is 1. The van der Waals surface area contributed by atoms with Gasteiger partial charge in [0.1, 0.15) is 6.33 Å². The van der Waals surface area contributed by atoms with Crippen molar-refractivity contribution >= 4 is 5.91 Å². The highest BCUT2D eigenvalue weighted by Crippen LogP contribution is 2.15. The minimum Gasteiger partial charge on any atom is -0.379 e. The van der Waals surface area contributed by atoms with E-state index in [2.05, 4.69) is 15.0 Å². The van der Waals surface area contributed by atoms with Gasteiger partial charge in [-0.3, -0.25) is 9.78 Å². The summed E-state index contributed by atoms with van der Waals surface area (Å²) in [7, 11) is 0. The van der Waals surface area contributed by atoms with E-state index in [0.717, 1.165) is 17.8 Å². The van der Waals surface area contributed by atoms with E-state index in [1.54, 1.807) is 18.7 Å². The lowest BCUT2D eigenvalue weighted by Gasteiger charge is -2.23. The van der Waals surface area contributed by atoms with Crippen molar-refractivity contribution in [1.82, 2.24) is 19.9 Å². The van der Waals surface area contributed by atoms with Crippen LogP contribution in [0.15, 0.2) is 36.9 Å². The summed E-state index contributed by atoms with van der Waals surface area (Å²) in [4.78, 5) is 26.9. The second kappa shape index (κ2) is 7.28. The summed E-state index contributed by atoms with van der Waals surface area (Å²) < 4.78 is 5.66. The van der Waals surface area contributed by atoms with Crippen molar-refractivity contribution in [2.45, 2.75) is 13.3 Å². The third kappa shape index (κ3) is 4.10. The fourth-order valence-corrected chi connectivity index (χ4v) is 2.70. The molecule has 3 rings (SSSR count). The molecule has 1 aliphatic rings. The number of carbonyl (C=O) groups excluding carboxylic acids is 1. The Morgan fingerprint density at radius 2 is 2.26 bits per heavy atom. The van der Waals surface area contributed by atoms with Gasteiger partial charge < -0.3 is 9.64 Å². The summed E-state index contributed by atoms with van der Waals surface area (Å²) in [5.41, 5.74) is 2.50. The maximum atomic E-state index is 12.7. The highest BCUT2D eigenvalue weighted by atomic mass is 16.5. The molecular formula is C17H20N4O2. The summed E-state index contributed by atoms with van der Waals surface area (Å²) in [6.07, 6.45) is 5.70. The largest absolute Gasteiger partial charge is 0.379 e. The summed E-state index contributed by atoms with van der Waals surface area (Å²) in [5, 5.41) is 0. The SMILES string of the molecule is Cc1ccc(C(=O)N2CCOC[C@@H](Cc3ccncn3)C2)cn1. The van der Waals surface area contributed by atoms with Gasteiger partial charge in [0.15, 0.2) is 0 Å². The number of hydrogen-bond acceptors (Lipinski definition) is 5. The van der Waals surface area contributed by atoms with Crippen LogP contribution in [0.25, 0.3) is 0 Å². The fraction of sp³-hybridized carbons (Fsp3) is 0.412. The first kappa shape index (κ1) is 15.6. The average Bonchev–Trinajstić information content (AvgIpc) is 2.81. The molecule has 6 heteroatoms. The Bertz CT molecular complexity index is 645. The van der Waals surface area contributed by atoms with E-state index in [4.69, 9.17) is 4.74 Å². The predicted octanol–water partition coefficient (Wildman–Crippen LogP) is 1.51. The molecule has 1 amide bonds. The van der Waals surface area contributed by atoms with Gasteiger partial charge in [-0.15, -0.1) is 0 Å². The Kier molecular flexibility index (Phi) is 4.92. The molecule has 1 fully saturated rings. The van der Waals surface area contributed by atoms with Gasteiger partial charge in [-0.1, -0.05) is 0 Å². The first-order valence-electron chi connectivity index (χ1n) is 7.77. The van der Waals surface area contributed by atoms with Gasteiger partial charge >= 0.3 is 0 Å². The monoisotopic (exact) mass is 312 g/mol. The second-order valence-electron chi connectivity index (χ2n) is 5.79. The van der Waals surface area contributed by atoms with E-state index in [-0.39, 0.29) is 11.8 Å². The number of hydrogen-bond donors (Lipinski definition) is 0. The molecule has 0 aromatic carbocycles. The predicted molar refractivity (Wildman–Crippen MR) is 84.9 cm³/mol. The summed E-state index contributed by atoms with van der Waals surface area (Å²) in [5.74, 6) is 0.241. The van der Waals surface area contributed by atoms with E-state index in [0.29, 0.717) is 31.9 Å². The van der Waals surface area contributed by atoms with Crippen LogP contribution in [0.5, 0.6) is 0 Å². The van der Waals surface area contributed by atoms with Crippen LogP contribution in [0, 0.1) is 12.8 Å². The molecular weight excluding hydrogens is 292 g/mol. The Morgan fingerprint density at radius 1 is 1.35 bits per heavy atom. The van der Waals surface area contributed by atoms with Crippen molar-refractivity contribution in [2.75, 3.05) is 26.3 Å². The second-order valence-corrected chi connectivity index (χ2v) is 5.79. The Hall–Kier alpha value is -2.34. The highest BCUT2D eigenvalue weighted by molar-refractivity contribution is 5.93. The minimum absolute atomic E-state index is 0.00990. The van der Waals surface area contributed by atoms with Gasteiger partial charge in [0.25, 0.3) is 5.91 Å². The topological polar surface area (TPSA) is 68.2 Å². The van der Waals surface area contributed by atoms with Gasteiger partial charge in [0, 0.05) is 42.8 Å². The molecule has 2 aromatic heterocycles. The molecule has 0 saturated carbocycles. The molecule has 1 aliphatic heterocycles. The standard InChI is InChI=1S/C17H20N4O2/c1-13-2-3-15(9-19-13)17(22)21-6-7-23-11-14(10-21)8-16-4-5-18-12-20-16/h2-5,9,12,14H,6-8,10-11H2,1H3/t14-/m0/s1. The number of carbonyl (C=O) groups is 1. The molecule has 0 unspecified atom stereocenters. The van der Waals surface area contributed by atoms with Crippen LogP contribution < -0.4 is 0 Å². The van der Waals surface area contributed by atoms with Crippen LogP contribution in [-0.2, 0) is 11.2 Å². The Balaban J connectivity index is 1.69. The zero-order valence-electron chi connectivity index (χ0n) is 13.2. The molecule has 1 atom stereocenters. The van der Waals surface area contributed by atoms with Crippen LogP contribution in [0.2, 0.25) is 0 Å². The first-order valence-corrected chi connectivity index (χ1v) is 7.77. The van der Waals surface area contributed by atoms with Gasteiger partial charge in [-0.25, -0.2) is 9.97 Å². The maximum Gasteiger partial charge on any atom is 0.255 e. The van der Waals surface area contributed by atoms with Gasteiger partial charge in [-0.2, -0.15) is 0 Å². The van der Waals surface area contributed by atoms with Crippen molar-refractivity contribution in [2.24, 2.45) is 5.92 Å². The van der Waals surface area contributed by atoms with E-state index in [1.165, 1.54) is 0 Å². The lowest BCUT2D eigenvalue weighted by Crippen LogP contribution is -2.36. The molecule has 23 heavy (non-hydrogen) atoms. The van der Waals surface area contributed by atoms with Crippen molar-refractivity contribution in [3.05, 3.63) is 53.9 Å². The van der Waals surface area contributed by atoms with Gasteiger partial charge in [0.2, 0.25) is 0 Å². The van der Waals surface area contributed by atoms with Crippen LogP contribution in [0.1, 0.15) is 21.7 Å². The van der Waals surface area contributed by atoms with Crippen LogP contribution in [-0.4, -0.2) is 52.1 Å². The molecule has 6 nitrogen and oxygen atoms in total. The number of rotatable bonds is 3. The van der Waals surface area contributed by atoms with Crippen LogP contribution in [0.3, 0.4) is 0 Å². The van der Waals surface area contributed by atoms with E-state index < -0.39 is 0 Å². The van der Waals surface area contributed by atoms with Crippen molar-refractivity contribution < 1.29 is 9.53 Å². The summed E-state index contributed by atoms with van der Waals surface area (Å²) in [6, 6.07) is 5.59. The van der Waals surface area contributed by atoms with Crippen LogP contribution >= 0.6 is 0 Å². The molecule has 0 N–H and O–H groups in total. The minimum atomic E-state index is 0.00990. The zero-order valence-corrected chi connectivity index (χ0v) is 13.2. The smallest absolute Gasteiger partial charge is 0.255 e. The zero-order chi connectivity index (χ0) is 16.1. The van der Waals surface area contributed by atoms with Crippen LogP contribution in [0.4, 0.5) is 0 Å². The van der Waals surface area contributed by atoms with Gasteiger partial charge in [-0.05, 0) is 31.5 Å². The molecule has 1 saturated heterocycles. The third-order valence-corrected chi connectivity index (χ3v) is 3.92. The van der Waals surface area contributed by atoms with E-state index in [1.807, 2.05) is 30.0 Å². The van der Waals surface area contributed by atoms with E-state index in [9.17, 15) is 4.79 Å². The average molecular weight is 312 g/mol. The first-order chi connectivity index (χ1) is 11.2. The maximum absolute atomic E-state index is 12.7. The number of amides is 1. The molecule has 0 spiro atoms. The van der Waals surface area contributed by atoms with E-state index >= 15 is 0 Å². The van der Waals surface area contributed by atoms with Gasteiger partial charge in [0.05, 0.1) is 18.8 Å². The molecule has 0 aliphatic carbocycles.